The number of hydrogen-bond donors (Lipinski definition) is 1. The molecule has 1 N–H and O–H groups in total. The second-order valence-corrected chi connectivity index (χ2v) is 9.20. The van der Waals surface area contributed by atoms with Crippen LogP contribution >= 0.6 is 0 Å². The maximum absolute atomic E-state index is 13.5. The fraction of sp³-hybridized carbons (Fsp3) is 0.370. The average molecular weight is 445 g/mol. The van der Waals surface area contributed by atoms with Crippen LogP contribution in [0.4, 0.5) is 11.5 Å². The number of amides is 1. The highest BCUT2D eigenvalue weighted by Gasteiger charge is 2.36. The summed E-state index contributed by atoms with van der Waals surface area (Å²) in [6.07, 6.45) is 3.86. The van der Waals surface area contributed by atoms with Crippen molar-refractivity contribution >= 4 is 17.4 Å². The van der Waals surface area contributed by atoms with Gasteiger partial charge in [0.1, 0.15) is 11.6 Å². The van der Waals surface area contributed by atoms with Crippen molar-refractivity contribution in [2.45, 2.75) is 44.9 Å². The molecule has 1 amide bonds. The van der Waals surface area contributed by atoms with Gasteiger partial charge in [-0.15, -0.1) is 0 Å². The standard InChI is InChI=1S/C27H32N4O2/c1-19-7-5-9-25(29-19)30-22-12-15-24(28-17-22)20-8-6-16-31(18-20)26(32)27(2,3)21-10-13-23(33-4)14-11-21/h5,7,9-15,17,20H,6,8,16,18H2,1-4H3,(H,29,30)/t20-/m0/s1. The molecule has 0 radical (unpaired) electrons. The first-order valence-electron chi connectivity index (χ1n) is 11.5. The van der Waals surface area contributed by atoms with E-state index in [-0.39, 0.29) is 11.8 Å². The van der Waals surface area contributed by atoms with Gasteiger partial charge in [-0.3, -0.25) is 9.78 Å². The zero-order valence-corrected chi connectivity index (χ0v) is 19.8. The molecule has 0 aliphatic carbocycles. The third-order valence-corrected chi connectivity index (χ3v) is 6.42. The van der Waals surface area contributed by atoms with Gasteiger partial charge in [-0.05, 0) is 75.6 Å². The highest BCUT2D eigenvalue weighted by molar-refractivity contribution is 5.87. The van der Waals surface area contributed by atoms with Crippen molar-refractivity contribution in [1.29, 1.82) is 0 Å². The molecule has 1 aliphatic rings. The second kappa shape index (κ2) is 9.61. The number of ether oxygens (including phenoxy) is 1. The van der Waals surface area contributed by atoms with Crippen LogP contribution in [0.5, 0.6) is 5.75 Å². The molecule has 33 heavy (non-hydrogen) atoms. The lowest BCUT2D eigenvalue weighted by molar-refractivity contribution is -0.137. The monoisotopic (exact) mass is 444 g/mol. The summed E-state index contributed by atoms with van der Waals surface area (Å²) >= 11 is 0. The molecule has 6 nitrogen and oxygen atoms in total. The zero-order chi connectivity index (χ0) is 23.4. The Morgan fingerprint density at radius 3 is 2.58 bits per heavy atom. The van der Waals surface area contributed by atoms with Gasteiger partial charge in [0.15, 0.2) is 0 Å². The van der Waals surface area contributed by atoms with Gasteiger partial charge in [-0.25, -0.2) is 4.98 Å². The number of piperidine rings is 1. The molecule has 1 fully saturated rings. The van der Waals surface area contributed by atoms with Gasteiger partial charge in [0, 0.05) is 30.4 Å². The molecule has 0 spiro atoms. The summed E-state index contributed by atoms with van der Waals surface area (Å²) in [5, 5.41) is 3.30. The van der Waals surface area contributed by atoms with Gasteiger partial charge in [0.05, 0.1) is 24.4 Å². The molecular weight excluding hydrogens is 412 g/mol. The molecule has 3 heterocycles. The average Bonchev–Trinajstić information content (AvgIpc) is 2.84. The van der Waals surface area contributed by atoms with Crippen LogP contribution in [-0.4, -0.2) is 41.0 Å². The molecule has 0 unspecified atom stereocenters. The number of rotatable bonds is 6. The van der Waals surface area contributed by atoms with Gasteiger partial charge < -0.3 is 15.0 Å². The normalized spacial score (nSPS) is 16.4. The summed E-state index contributed by atoms with van der Waals surface area (Å²) in [5.41, 5.74) is 3.29. The van der Waals surface area contributed by atoms with Crippen LogP contribution in [0.1, 0.15) is 49.6 Å². The van der Waals surface area contributed by atoms with Crippen molar-refractivity contribution in [3.8, 4) is 5.75 Å². The Morgan fingerprint density at radius 2 is 1.91 bits per heavy atom. The van der Waals surface area contributed by atoms with E-state index in [1.807, 2.05) is 80.4 Å². The molecule has 0 saturated carbocycles. The molecule has 3 aromatic rings. The summed E-state index contributed by atoms with van der Waals surface area (Å²) in [5.74, 6) is 1.99. The summed E-state index contributed by atoms with van der Waals surface area (Å²) < 4.78 is 5.26. The van der Waals surface area contributed by atoms with Crippen LogP contribution in [-0.2, 0) is 10.2 Å². The summed E-state index contributed by atoms with van der Waals surface area (Å²) in [4.78, 5) is 24.7. The number of anilines is 2. The fourth-order valence-corrected chi connectivity index (χ4v) is 4.41. The van der Waals surface area contributed by atoms with Crippen LogP contribution in [0.3, 0.4) is 0 Å². The molecule has 0 bridgehead atoms. The third kappa shape index (κ3) is 5.16. The van der Waals surface area contributed by atoms with Crippen LogP contribution in [0.25, 0.3) is 0 Å². The first kappa shape index (κ1) is 22.8. The number of benzene rings is 1. The van der Waals surface area contributed by atoms with Gasteiger partial charge in [-0.2, -0.15) is 0 Å². The summed E-state index contributed by atoms with van der Waals surface area (Å²) in [6.45, 7) is 7.45. The zero-order valence-electron chi connectivity index (χ0n) is 19.8. The third-order valence-electron chi connectivity index (χ3n) is 6.42. The predicted molar refractivity (Wildman–Crippen MR) is 131 cm³/mol. The minimum Gasteiger partial charge on any atom is -0.497 e. The summed E-state index contributed by atoms with van der Waals surface area (Å²) in [6, 6.07) is 17.8. The first-order valence-corrected chi connectivity index (χ1v) is 11.5. The molecule has 6 heteroatoms. The van der Waals surface area contributed by atoms with E-state index in [0.29, 0.717) is 6.54 Å². The Hall–Kier alpha value is -3.41. The van der Waals surface area contributed by atoms with Crippen LogP contribution in [0, 0.1) is 6.92 Å². The van der Waals surface area contributed by atoms with E-state index in [9.17, 15) is 4.79 Å². The number of methoxy groups -OCH3 is 1. The van der Waals surface area contributed by atoms with Gasteiger partial charge in [-0.1, -0.05) is 18.2 Å². The maximum atomic E-state index is 13.5. The largest absolute Gasteiger partial charge is 0.497 e. The minimum atomic E-state index is -0.601. The molecule has 1 atom stereocenters. The van der Waals surface area contributed by atoms with Crippen LogP contribution in [0.2, 0.25) is 0 Å². The van der Waals surface area contributed by atoms with E-state index < -0.39 is 5.41 Å². The van der Waals surface area contributed by atoms with Crippen molar-refractivity contribution in [2.24, 2.45) is 0 Å². The van der Waals surface area contributed by atoms with E-state index in [4.69, 9.17) is 9.72 Å². The van der Waals surface area contributed by atoms with Gasteiger partial charge >= 0.3 is 0 Å². The van der Waals surface area contributed by atoms with Gasteiger partial charge in [0.2, 0.25) is 5.91 Å². The molecule has 1 aliphatic heterocycles. The van der Waals surface area contributed by atoms with E-state index in [0.717, 1.165) is 53.6 Å². The molecule has 1 aromatic carbocycles. The van der Waals surface area contributed by atoms with Crippen LogP contribution in [0.15, 0.2) is 60.8 Å². The topological polar surface area (TPSA) is 67.3 Å². The lowest BCUT2D eigenvalue weighted by atomic mass is 9.82. The minimum absolute atomic E-state index is 0.154. The summed E-state index contributed by atoms with van der Waals surface area (Å²) in [7, 11) is 1.65. The lowest BCUT2D eigenvalue weighted by Gasteiger charge is -2.37. The Balaban J connectivity index is 1.43. The molecular formula is C27H32N4O2. The van der Waals surface area contributed by atoms with Gasteiger partial charge in [0.25, 0.3) is 0 Å². The quantitative estimate of drug-likeness (QED) is 0.564. The smallest absolute Gasteiger partial charge is 0.232 e. The highest BCUT2D eigenvalue weighted by atomic mass is 16.5. The van der Waals surface area contributed by atoms with E-state index in [1.165, 1.54) is 0 Å². The number of carbonyl (C=O) groups is 1. The van der Waals surface area contributed by atoms with Crippen molar-refractivity contribution in [3.63, 3.8) is 0 Å². The Morgan fingerprint density at radius 1 is 1.12 bits per heavy atom. The van der Waals surface area contributed by atoms with E-state index >= 15 is 0 Å². The van der Waals surface area contributed by atoms with E-state index in [2.05, 4.69) is 16.4 Å². The number of nitrogens with zero attached hydrogens (tertiary/aromatic N) is 3. The number of hydrogen-bond acceptors (Lipinski definition) is 5. The highest BCUT2D eigenvalue weighted by Crippen LogP contribution is 2.32. The predicted octanol–water partition coefficient (Wildman–Crippen LogP) is 5.22. The number of pyridine rings is 2. The molecule has 1 saturated heterocycles. The number of nitrogens with one attached hydrogen (secondary N) is 1. The first-order chi connectivity index (χ1) is 15.9. The number of likely N-dealkylation sites (tertiary alicyclic amines) is 1. The van der Waals surface area contributed by atoms with Crippen LogP contribution < -0.4 is 10.1 Å². The number of carbonyl (C=O) groups excluding carboxylic acids is 1. The van der Waals surface area contributed by atoms with Crippen molar-refractivity contribution in [3.05, 3.63) is 77.7 Å². The Labute approximate surface area is 196 Å². The molecule has 4 rings (SSSR count). The lowest BCUT2D eigenvalue weighted by Crippen LogP contribution is -2.47. The van der Waals surface area contributed by atoms with Crippen molar-refractivity contribution in [1.82, 2.24) is 14.9 Å². The van der Waals surface area contributed by atoms with E-state index in [1.54, 1.807) is 7.11 Å². The Kier molecular flexibility index (Phi) is 6.63. The maximum Gasteiger partial charge on any atom is 0.232 e. The number of aryl methyl sites for hydroxylation is 1. The van der Waals surface area contributed by atoms with Crippen molar-refractivity contribution < 1.29 is 9.53 Å². The second-order valence-electron chi connectivity index (χ2n) is 9.20. The van der Waals surface area contributed by atoms with Crippen molar-refractivity contribution in [2.75, 3.05) is 25.5 Å². The molecule has 2 aromatic heterocycles. The number of aromatic nitrogens is 2. The SMILES string of the molecule is COc1ccc(C(C)(C)C(=O)N2CCC[C@H](c3ccc(Nc4cccc(C)n4)cn3)C2)cc1. The fourth-order valence-electron chi connectivity index (χ4n) is 4.41. The molecule has 172 valence electrons. The Bertz CT molecular complexity index is 1090.